The van der Waals surface area contributed by atoms with Crippen LogP contribution >= 0.6 is 11.6 Å². The van der Waals surface area contributed by atoms with Gasteiger partial charge in [-0.15, -0.1) is 0 Å². The summed E-state index contributed by atoms with van der Waals surface area (Å²) in [5, 5.41) is 11.2. The van der Waals surface area contributed by atoms with E-state index in [1.54, 1.807) is 19.2 Å². The third-order valence-corrected chi connectivity index (χ3v) is 5.39. The molecule has 3 aromatic rings. The van der Waals surface area contributed by atoms with Crippen molar-refractivity contribution in [3.8, 4) is 17.2 Å². The van der Waals surface area contributed by atoms with Crippen LogP contribution in [0, 0.1) is 0 Å². The van der Waals surface area contributed by atoms with Crippen molar-refractivity contribution in [1.82, 2.24) is 0 Å². The van der Waals surface area contributed by atoms with Crippen LogP contribution in [0.3, 0.4) is 0 Å². The maximum absolute atomic E-state index is 10.6. The average molecular weight is 411 g/mol. The number of halogens is 1. The van der Waals surface area contributed by atoms with E-state index in [-0.39, 0.29) is 5.92 Å². The summed E-state index contributed by atoms with van der Waals surface area (Å²) in [6, 6.07) is 20.7. The molecular formula is C23H23ClN2O3. The van der Waals surface area contributed by atoms with Crippen molar-refractivity contribution in [3.05, 3.63) is 77.3 Å². The molecule has 0 radical (unpaired) electrons. The lowest BCUT2D eigenvalue weighted by Gasteiger charge is -2.23. The summed E-state index contributed by atoms with van der Waals surface area (Å²) >= 11 is 6.07. The molecule has 0 saturated carbocycles. The van der Waals surface area contributed by atoms with Gasteiger partial charge < -0.3 is 25.2 Å². The Morgan fingerprint density at radius 3 is 2.62 bits per heavy atom. The van der Waals surface area contributed by atoms with E-state index in [2.05, 4.69) is 0 Å². The van der Waals surface area contributed by atoms with Gasteiger partial charge in [-0.2, -0.15) is 0 Å². The quantitative estimate of drug-likeness (QED) is 0.577. The van der Waals surface area contributed by atoms with E-state index in [4.69, 9.17) is 26.8 Å². The zero-order valence-electron chi connectivity index (χ0n) is 16.1. The molecule has 0 aliphatic carbocycles. The first-order valence-corrected chi connectivity index (χ1v) is 9.83. The predicted molar refractivity (Wildman–Crippen MR) is 116 cm³/mol. The van der Waals surface area contributed by atoms with Gasteiger partial charge in [-0.05, 0) is 54.1 Å². The molecule has 1 aliphatic rings. The Hall–Kier alpha value is -2.89. The molecule has 6 heteroatoms. The Kier molecular flexibility index (Phi) is 5.51. The van der Waals surface area contributed by atoms with Crippen molar-refractivity contribution in [3.63, 3.8) is 0 Å². The lowest BCUT2D eigenvalue weighted by Crippen LogP contribution is -2.28. The third-order valence-electron chi connectivity index (χ3n) is 5.16. The number of methoxy groups -OCH3 is 1. The van der Waals surface area contributed by atoms with Gasteiger partial charge in [-0.25, -0.2) is 0 Å². The maximum atomic E-state index is 10.6. The molecule has 1 fully saturated rings. The van der Waals surface area contributed by atoms with E-state index < -0.39 is 6.23 Å². The smallest absolute Gasteiger partial charge is 0.169 e. The number of nitrogens with two attached hydrogens (primary N) is 1. The van der Waals surface area contributed by atoms with Gasteiger partial charge in [0.2, 0.25) is 0 Å². The summed E-state index contributed by atoms with van der Waals surface area (Å²) in [5.74, 6) is 2.05. The number of nitrogen functional groups attached to an aromatic ring is 1. The van der Waals surface area contributed by atoms with Crippen LogP contribution in [0.25, 0.3) is 0 Å². The molecule has 0 amide bonds. The van der Waals surface area contributed by atoms with Crippen molar-refractivity contribution in [2.24, 2.45) is 0 Å². The number of aliphatic hydroxyl groups excluding tert-OH is 1. The molecule has 2 unspecified atom stereocenters. The fraction of sp³-hybridized carbons (Fsp3) is 0.217. The molecule has 1 aliphatic heterocycles. The molecule has 0 spiro atoms. The summed E-state index contributed by atoms with van der Waals surface area (Å²) in [5.41, 5.74) is 8.58. The number of nitrogens with zero attached hydrogens (tertiary/aromatic N) is 1. The second-order valence-corrected chi connectivity index (χ2v) is 7.57. The number of hydrogen-bond acceptors (Lipinski definition) is 5. The predicted octanol–water partition coefficient (Wildman–Crippen LogP) is 5.04. The van der Waals surface area contributed by atoms with Crippen LogP contribution in [0.15, 0.2) is 66.7 Å². The van der Waals surface area contributed by atoms with Crippen molar-refractivity contribution in [2.75, 3.05) is 24.3 Å². The van der Waals surface area contributed by atoms with Crippen LogP contribution in [-0.4, -0.2) is 25.0 Å². The van der Waals surface area contributed by atoms with Crippen LogP contribution in [0.5, 0.6) is 17.2 Å². The molecule has 1 heterocycles. The van der Waals surface area contributed by atoms with E-state index in [1.807, 2.05) is 59.5 Å². The number of anilines is 2. The average Bonchev–Trinajstić information content (AvgIpc) is 3.10. The minimum atomic E-state index is -0.568. The summed E-state index contributed by atoms with van der Waals surface area (Å²) in [6.07, 6.45) is 0.0544. The second-order valence-electron chi connectivity index (χ2n) is 7.13. The molecule has 29 heavy (non-hydrogen) atoms. The van der Waals surface area contributed by atoms with E-state index in [9.17, 15) is 5.11 Å². The number of hydrogen-bond donors (Lipinski definition) is 2. The van der Waals surface area contributed by atoms with E-state index >= 15 is 0 Å². The van der Waals surface area contributed by atoms with Crippen molar-refractivity contribution < 1.29 is 14.6 Å². The van der Waals surface area contributed by atoms with Crippen LogP contribution in [0.4, 0.5) is 11.4 Å². The SMILES string of the molecule is COc1ccc(C2CC(O)N(c3cccc(N)c3)C2)cc1Oc1cccc(Cl)c1. The molecule has 2 atom stereocenters. The Bertz CT molecular complexity index is 1010. The van der Waals surface area contributed by atoms with Gasteiger partial charge >= 0.3 is 0 Å². The fourth-order valence-electron chi connectivity index (χ4n) is 3.72. The Labute approximate surface area is 175 Å². The molecule has 150 valence electrons. The molecule has 5 nitrogen and oxygen atoms in total. The standard InChI is InChI=1S/C23H23ClN2O3/c1-28-21-9-8-15(10-22(21)29-20-7-2-4-17(24)12-20)16-11-23(27)26(14-16)19-6-3-5-18(25)13-19/h2-10,12-13,16,23,27H,11,14,25H2,1H3. The Balaban J connectivity index is 1.59. The van der Waals surface area contributed by atoms with Gasteiger partial charge in [-0.3, -0.25) is 0 Å². The van der Waals surface area contributed by atoms with Crippen molar-refractivity contribution in [1.29, 1.82) is 0 Å². The number of rotatable bonds is 5. The summed E-state index contributed by atoms with van der Waals surface area (Å²) in [4.78, 5) is 1.97. The van der Waals surface area contributed by atoms with E-state index in [1.165, 1.54) is 0 Å². The molecule has 0 bridgehead atoms. The minimum Gasteiger partial charge on any atom is -0.493 e. The lowest BCUT2D eigenvalue weighted by atomic mass is 9.97. The molecule has 4 rings (SSSR count). The first-order chi connectivity index (χ1) is 14.0. The monoisotopic (exact) mass is 410 g/mol. The molecule has 1 saturated heterocycles. The normalized spacial score (nSPS) is 18.7. The van der Waals surface area contributed by atoms with Crippen LogP contribution in [0.2, 0.25) is 5.02 Å². The van der Waals surface area contributed by atoms with Gasteiger partial charge in [0.15, 0.2) is 11.5 Å². The highest BCUT2D eigenvalue weighted by Crippen LogP contribution is 2.39. The molecular weight excluding hydrogens is 388 g/mol. The zero-order valence-corrected chi connectivity index (χ0v) is 16.8. The van der Waals surface area contributed by atoms with E-state index in [0.29, 0.717) is 40.9 Å². The van der Waals surface area contributed by atoms with Crippen molar-refractivity contribution in [2.45, 2.75) is 18.6 Å². The van der Waals surface area contributed by atoms with Crippen molar-refractivity contribution >= 4 is 23.0 Å². The number of aliphatic hydroxyl groups is 1. The first-order valence-electron chi connectivity index (χ1n) is 9.45. The minimum absolute atomic E-state index is 0.152. The number of benzene rings is 3. The molecule has 3 aromatic carbocycles. The Morgan fingerprint density at radius 2 is 1.86 bits per heavy atom. The zero-order chi connectivity index (χ0) is 20.4. The first kappa shape index (κ1) is 19.4. The number of ether oxygens (including phenoxy) is 2. The van der Waals surface area contributed by atoms with Gasteiger partial charge in [0.25, 0.3) is 0 Å². The molecule has 0 aromatic heterocycles. The van der Waals surface area contributed by atoms with Crippen LogP contribution in [-0.2, 0) is 0 Å². The Morgan fingerprint density at radius 1 is 1.03 bits per heavy atom. The van der Waals surface area contributed by atoms with Gasteiger partial charge in [0, 0.05) is 35.3 Å². The molecule has 3 N–H and O–H groups in total. The summed E-state index contributed by atoms with van der Waals surface area (Å²) in [7, 11) is 1.61. The van der Waals surface area contributed by atoms with Gasteiger partial charge in [0.1, 0.15) is 12.0 Å². The third kappa shape index (κ3) is 4.26. The van der Waals surface area contributed by atoms with Gasteiger partial charge in [0.05, 0.1) is 7.11 Å². The largest absolute Gasteiger partial charge is 0.493 e. The highest BCUT2D eigenvalue weighted by molar-refractivity contribution is 6.30. The van der Waals surface area contributed by atoms with Crippen LogP contribution in [0.1, 0.15) is 17.9 Å². The maximum Gasteiger partial charge on any atom is 0.169 e. The lowest BCUT2D eigenvalue weighted by molar-refractivity contribution is 0.183. The fourth-order valence-corrected chi connectivity index (χ4v) is 3.90. The second kappa shape index (κ2) is 8.23. The van der Waals surface area contributed by atoms with Gasteiger partial charge in [-0.1, -0.05) is 29.8 Å². The summed E-state index contributed by atoms with van der Waals surface area (Å²) < 4.78 is 11.5. The summed E-state index contributed by atoms with van der Waals surface area (Å²) in [6.45, 7) is 0.688. The van der Waals surface area contributed by atoms with Crippen LogP contribution < -0.4 is 20.1 Å². The highest BCUT2D eigenvalue weighted by Gasteiger charge is 2.32. The highest BCUT2D eigenvalue weighted by atomic mass is 35.5. The topological polar surface area (TPSA) is 68.0 Å². The van der Waals surface area contributed by atoms with E-state index in [0.717, 1.165) is 11.3 Å².